The molecule has 4 nitrogen and oxygen atoms in total. The molecule has 0 saturated carbocycles. The van der Waals surface area contributed by atoms with Crippen LogP contribution >= 0.6 is 0 Å². The Bertz CT molecular complexity index is 413. The Hall–Kier alpha value is -1.39. The maximum Gasteiger partial charge on any atom is 0.252 e. The molecule has 1 amide bonds. The minimum atomic E-state index is -0.381. The van der Waals surface area contributed by atoms with E-state index in [1.807, 2.05) is 49.1 Å². The molecule has 0 aliphatic carbocycles. The number of carbonyl (C=O) groups is 1. The van der Waals surface area contributed by atoms with Gasteiger partial charge in [-0.1, -0.05) is 44.2 Å². The van der Waals surface area contributed by atoms with Gasteiger partial charge in [0.05, 0.1) is 19.8 Å². The van der Waals surface area contributed by atoms with Crippen molar-refractivity contribution in [1.82, 2.24) is 4.90 Å². The van der Waals surface area contributed by atoms with E-state index in [2.05, 4.69) is 0 Å². The van der Waals surface area contributed by atoms with Gasteiger partial charge in [0.25, 0.3) is 5.91 Å². The van der Waals surface area contributed by atoms with Crippen molar-refractivity contribution in [2.45, 2.75) is 26.6 Å². The fraction of sp³-hybridized carbons (Fsp3) is 0.562. The third-order valence-corrected chi connectivity index (χ3v) is 3.44. The normalized spacial score (nSPS) is 17.2. The fourth-order valence-electron chi connectivity index (χ4n) is 2.27. The quantitative estimate of drug-likeness (QED) is 0.827. The van der Waals surface area contributed by atoms with E-state index in [0.29, 0.717) is 32.9 Å². The SMILES string of the molecule is CC(C)[C@@H](OCc1ccccc1)C(=O)N1CCOCC1. The van der Waals surface area contributed by atoms with Gasteiger partial charge in [0.1, 0.15) is 6.10 Å². The van der Waals surface area contributed by atoms with Gasteiger partial charge in [0.2, 0.25) is 0 Å². The summed E-state index contributed by atoms with van der Waals surface area (Å²) in [7, 11) is 0. The molecule has 4 heteroatoms. The summed E-state index contributed by atoms with van der Waals surface area (Å²) in [5.74, 6) is 0.244. The van der Waals surface area contributed by atoms with Crippen LogP contribution in [0.2, 0.25) is 0 Å². The number of nitrogens with zero attached hydrogens (tertiary/aromatic N) is 1. The van der Waals surface area contributed by atoms with E-state index in [9.17, 15) is 4.79 Å². The first-order valence-corrected chi connectivity index (χ1v) is 7.20. The zero-order valence-corrected chi connectivity index (χ0v) is 12.2. The highest BCUT2D eigenvalue weighted by Gasteiger charge is 2.28. The molecule has 0 spiro atoms. The summed E-state index contributed by atoms with van der Waals surface area (Å²) >= 11 is 0. The molecule has 0 aromatic heterocycles. The lowest BCUT2D eigenvalue weighted by atomic mass is 10.1. The molecule has 1 fully saturated rings. The molecule has 1 atom stereocenters. The third-order valence-electron chi connectivity index (χ3n) is 3.44. The minimum Gasteiger partial charge on any atom is -0.378 e. The van der Waals surface area contributed by atoms with E-state index in [0.717, 1.165) is 5.56 Å². The monoisotopic (exact) mass is 277 g/mol. The molecule has 1 heterocycles. The van der Waals surface area contributed by atoms with Crippen LogP contribution in [-0.2, 0) is 20.9 Å². The predicted octanol–water partition coefficient (Wildman–Crippen LogP) is 2.09. The lowest BCUT2D eigenvalue weighted by molar-refractivity contribution is -0.151. The second kappa shape index (κ2) is 7.41. The molecule has 1 aliphatic rings. The summed E-state index contributed by atoms with van der Waals surface area (Å²) < 4.78 is 11.2. The van der Waals surface area contributed by atoms with Crippen molar-refractivity contribution in [1.29, 1.82) is 0 Å². The second-order valence-electron chi connectivity index (χ2n) is 5.40. The highest BCUT2D eigenvalue weighted by Crippen LogP contribution is 2.14. The smallest absolute Gasteiger partial charge is 0.252 e. The first-order valence-electron chi connectivity index (χ1n) is 7.20. The molecule has 1 aromatic carbocycles. The van der Waals surface area contributed by atoms with Crippen molar-refractivity contribution in [2.75, 3.05) is 26.3 Å². The van der Waals surface area contributed by atoms with E-state index in [4.69, 9.17) is 9.47 Å². The lowest BCUT2D eigenvalue weighted by Gasteiger charge is -2.31. The average molecular weight is 277 g/mol. The number of morpholine rings is 1. The summed E-state index contributed by atoms with van der Waals surface area (Å²) in [4.78, 5) is 14.4. The highest BCUT2D eigenvalue weighted by atomic mass is 16.5. The van der Waals surface area contributed by atoms with Gasteiger partial charge in [-0.2, -0.15) is 0 Å². The molecule has 1 aliphatic heterocycles. The Kier molecular flexibility index (Phi) is 5.56. The molecule has 20 heavy (non-hydrogen) atoms. The largest absolute Gasteiger partial charge is 0.378 e. The Morgan fingerprint density at radius 2 is 1.90 bits per heavy atom. The van der Waals surface area contributed by atoms with Crippen molar-refractivity contribution in [3.8, 4) is 0 Å². The van der Waals surface area contributed by atoms with Crippen LogP contribution in [-0.4, -0.2) is 43.2 Å². The molecular formula is C16H23NO3. The van der Waals surface area contributed by atoms with Gasteiger partial charge in [0.15, 0.2) is 0 Å². The number of hydrogen-bond donors (Lipinski definition) is 0. The van der Waals surface area contributed by atoms with E-state index in [1.165, 1.54) is 0 Å². The van der Waals surface area contributed by atoms with Gasteiger partial charge < -0.3 is 14.4 Å². The van der Waals surface area contributed by atoms with Gasteiger partial charge >= 0.3 is 0 Å². The molecular weight excluding hydrogens is 254 g/mol. The fourth-order valence-corrected chi connectivity index (χ4v) is 2.27. The molecule has 1 saturated heterocycles. The van der Waals surface area contributed by atoms with Gasteiger partial charge in [-0.15, -0.1) is 0 Å². The van der Waals surface area contributed by atoms with Crippen LogP contribution in [0, 0.1) is 5.92 Å². The zero-order chi connectivity index (χ0) is 14.4. The van der Waals surface area contributed by atoms with E-state index >= 15 is 0 Å². The van der Waals surface area contributed by atoms with Gasteiger partial charge in [-0.3, -0.25) is 4.79 Å². The van der Waals surface area contributed by atoms with Crippen LogP contribution in [0.5, 0.6) is 0 Å². The Balaban J connectivity index is 1.94. The first-order chi connectivity index (χ1) is 9.68. The van der Waals surface area contributed by atoms with Gasteiger partial charge in [-0.05, 0) is 11.5 Å². The van der Waals surface area contributed by atoms with Crippen molar-refractivity contribution < 1.29 is 14.3 Å². The number of carbonyl (C=O) groups excluding carboxylic acids is 1. The van der Waals surface area contributed by atoms with Crippen LogP contribution in [0.25, 0.3) is 0 Å². The molecule has 0 N–H and O–H groups in total. The van der Waals surface area contributed by atoms with Crippen LogP contribution in [0.4, 0.5) is 0 Å². The van der Waals surface area contributed by atoms with Crippen molar-refractivity contribution in [3.63, 3.8) is 0 Å². The van der Waals surface area contributed by atoms with Crippen LogP contribution in [0.1, 0.15) is 19.4 Å². The Labute approximate surface area is 120 Å². The summed E-state index contributed by atoms with van der Waals surface area (Å²) in [6, 6.07) is 9.95. The standard InChI is InChI=1S/C16H23NO3/c1-13(2)15(16(18)17-8-10-19-11-9-17)20-12-14-6-4-3-5-7-14/h3-7,13,15H,8-12H2,1-2H3/t15-/m1/s1. The van der Waals surface area contributed by atoms with E-state index < -0.39 is 0 Å². The third kappa shape index (κ3) is 4.05. The molecule has 0 unspecified atom stereocenters. The molecule has 110 valence electrons. The summed E-state index contributed by atoms with van der Waals surface area (Å²) in [5, 5.41) is 0. The summed E-state index contributed by atoms with van der Waals surface area (Å²) in [6.07, 6.45) is -0.381. The molecule has 0 radical (unpaired) electrons. The number of amides is 1. The summed E-state index contributed by atoms with van der Waals surface area (Å²) in [6.45, 7) is 7.08. The van der Waals surface area contributed by atoms with Crippen molar-refractivity contribution in [2.24, 2.45) is 5.92 Å². The maximum atomic E-state index is 12.5. The van der Waals surface area contributed by atoms with Crippen LogP contribution in [0.15, 0.2) is 30.3 Å². The van der Waals surface area contributed by atoms with E-state index in [1.54, 1.807) is 0 Å². The summed E-state index contributed by atoms with van der Waals surface area (Å²) in [5.41, 5.74) is 1.09. The molecule has 2 rings (SSSR count). The Morgan fingerprint density at radius 3 is 2.50 bits per heavy atom. The second-order valence-corrected chi connectivity index (χ2v) is 5.40. The van der Waals surface area contributed by atoms with Crippen molar-refractivity contribution >= 4 is 5.91 Å². The highest BCUT2D eigenvalue weighted by molar-refractivity contribution is 5.81. The molecule has 0 bridgehead atoms. The average Bonchev–Trinajstić information content (AvgIpc) is 2.49. The van der Waals surface area contributed by atoms with E-state index in [-0.39, 0.29) is 17.9 Å². The number of rotatable bonds is 5. The predicted molar refractivity (Wildman–Crippen MR) is 77.3 cm³/mol. The zero-order valence-electron chi connectivity index (χ0n) is 12.2. The topological polar surface area (TPSA) is 38.8 Å². The number of hydrogen-bond acceptors (Lipinski definition) is 3. The maximum absolute atomic E-state index is 12.5. The molecule has 1 aromatic rings. The Morgan fingerprint density at radius 1 is 1.25 bits per heavy atom. The van der Waals surface area contributed by atoms with Gasteiger partial charge in [0, 0.05) is 13.1 Å². The lowest BCUT2D eigenvalue weighted by Crippen LogP contribution is -2.48. The number of ether oxygens (including phenoxy) is 2. The van der Waals surface area contributed by atoms with Crippen LogP contribution in [0.3, 0.4) is 0 Å². The van der Waals surface area contributed by atoms with Crippen molar-refractivity contribution in [3.05, 3.63) is 35.9 Å². The van der Waals surface area contributed by atoms with Gasteiger partial charge in [-0.25, -0.2) is 0 Å². The number of benzene rings is 1. The first kappa shape index (κ1) is 15.0. The van der Waals surface area contributed by atoms with Crippen LogP contribution < -0.4 is 0 Å². The minimum absolute atomic E-state index is 0.0826.